The molecule has 26 heavy (non-hydrogen) atoms. The van der Waals surface area contributed by atoms with Gasteiger partial charge in [-0.15, -0.1) is 0 Å². The van der Waals surface area contributed by atoms with Gasteiger partial charge in [-0.1, -0.05) is 42.5 Å². The Bertz CT molecular complexity index is 929. The molecule has 4 rings (SSSR count). The molecule has 4 aromatic rings. The van der Waals surface area contributed by atoms with Gasteiger partial charge in [0, 0.05) is 23.9 Å². The van der Waals surface area contributed by atoms with Gasteiger partial charge in [0.2, 0.25) is 0 Å². The van der Waals surface area contributed by atoms with Gasteiger partial charge in [0.1, 0.15) is 5.82 Å². The van der Waals surface area contributed by atoms with Crippen LogP contribution in [0.25, 0.3) is 21.8 Å². The predicted molar refractivity (Wildman–Crippen MR) is 108 cm³/mol. The summed E-state index contributed by atoms with van der Waals surface area (Å²) in [6, 6.07) is 24.7. The Morgan fingerprint density at radius 3 is 2.15 bits per heavy atom. The quantitative estimate of drug-likeness (QED) is 0.490. The second kappa shape index (κ2) is 7.93. The van der Waals surface area contributed by atoms with E-state index in [0.29, 0.717) is 0 Å². The summed E-state index contributed by atoms with van der Waals surface area (Å²) >= 11 is 0. The number of rotatable bonds is 7. The Morgan fingerprint density at radius 1 is 0.654 bits per heavy atom. The zero-order valence-electron chi connectivity index (χ0n) is 14.7. The van der Waals surface area contributed by atoms with Crippen molar-refractivity contribution in [2.45, 2.75) is 13.0 Å². The van der Waals surface area contributed by atoms with Crippen molar-refractivity contribution in [3.8, 4) is 0 Å². The molecular weight excluding hydrogens is 320 g/mol. The standard InChI is InChI=1S/C22H22N4/c1-3-8-20-17(6-1)10-12-19(25-20)16-23-14-5-15-24-22-13-11-18-7-2-4-9-21(18)26-22/h1-4,6-13,23H,5,14-16H2,(H,24,26). The number of aromatic nitrogens is 2. The molecule has 4 heteroatoms. The molecule has 0 saturated carbocycles. The van der Waals surface area contributed by atoms with Gasteiger partial charge in [-0.25, -0.2) is 4.98 Å². The maximum absolute atomic E-state index is 4.68. The monoisotopic (exact) mass is 342 g/mol. The van der Waals surface area contributed by atoms with E-state index in [4.69, 9.17) is 0 Å². The number of para-hydroxylation sites is 2. The van der Waals surface area contributed by atoms with Crippen LogP contribution in [0.3, 0.4) is 0 Å². The third kappa shape index (κ3) is 3.98. The van der Waals surface area contributed by atoms with E-state index in [9.17, 15) is 0 Å². The van der Waals surface area contributed by atoms with E-state index in [-0.39, 0.29) is 0 Å². The van der Waals surface area contributed by atoms with Crippen LogP contribution in [0, 0.1) is 0 Å². The molecule has 0 aliphatic carbocycles. The first kappa shape index (κ1) is 16.5. The maximum Gasteiger partial charge on any atom is 0.126 e. The van der Waals surface area contributed by atoms with Crippen LogP contribution in [0.1, 0.15) is 12.1 Å². The summed E-state index contributed by atoms with van der Waals surface area (Å²) in [4.78, 5) is 9.31. The van der Waals surface area contributed by atoms with Gasteiger partial charge in [0.15, 0.2) is 0 Å². The molecule has 0 fully saturated rings. The summed E-state index contributed by atoms with van der Waals surface area (Å²) in [7, 11) is 0. The van der Waals surface area contributed by atoms with Crippen LogP contribution in [0.4, 0.5) is 5.82 Å². The first-order valence-corrected chi connectivity index (χ1v) is 9.03. The Labute approximate surface area is 153 Å². The van der Waals surface area contributed by atoms with E-state index in [1.807, 2.05) is 36.4 Å². The first-order chi connectivity index (χ1) is 12.9. The minimum Gasteiger partial charge on any atom is -0.370 e. The van der Waals surface area contributed by atoms with E-state index < -0.39 is 0 Å². The lowest BCUT2D eigenvalue weighted by molar-refractivity contribution is 0.654. The van der Waals surface area contributed by atoms with Gasteiger partial charge < -0.3 is 10.6 Å². The smallest absolute Gasteiger partial charge is 0.126 e. The van der Waals surface area contributed by atoms with Gasteiger partial charge in [-0.3, -0.25) is 4.98 Å². The van der Waals surface area contributed by atoms with Crippen LogP contribution < -0.4 is 10.6 Å². The molecule has 0 bridgehead atoms. The minimum atomic E-state index is 0.791. The summed E-state index contributed by atoms with van der Waals surface area (Å²) in [5, 5.41) is 9.20. The average Bonchev–Trinajstić information content (AvgIpc) is 2.70. The molecular formula is C22H22N4. The van der Waals surface area contributed by atoms with Crippen LogP contribution in [0.2, 0.25) is 0 Å². The summed E-state index contributed by atoms with van der Waals surface area (Å²) < 4.78 is 0. The lowest BCUT2D eigenvalue weighted by Crippen LogP contribution is -2.18. The zero-order chi connectivity index (χ0) is 17.6. The highest BCUT2D eigenvalue weighted by molar-refractivity contribution is 5.80. The number of nitrogens with zero attached hydrogens (tertiary/aromatic N) is 2. The first-order valence-electron chi connectivity index (χ1n) is 9.03. The summed E-state index contributed by atoms with van der Waals surface area (Å²) in [5.41, 5.74) is 3.15. The topological polar surface area (TPSA) is 49.8 Å². The molecule has 2 N–H and O–H groups in total. The summed E-state index contributed by atoms with van der Waals surface area (Å²) in [6.45, 7) is 2.62. The van der Waals surface area contributed by atoms with Gasteiger partial charge in [0.05, 0.1) is 16.7 Å². The SMILES string of the molecule is c1ccc2nc(CNCCCNc3ccc4ccccc4n3)ccc2c1. The van der Waals surface area contributed by atoms with Crippen LogP contribution in [0.5, 0.6) is 0 Å². The third-order valence-electron chi connectivity index (χ3n) is 4.40. The fraction of sp³-hybridized carbons (Fsp3) is 0.182. The number of fused-ring (bicyclic) bond motifs is 2. The highest BCUT2D eigenvalue weighted by Gasteiger charge is 1.99. The van der Waals surface area contributed by atoms with Gasteiger partial charge in [0.25, 0.3) is 0 Å². The number of hydrogen-bond acceptors (Lipinski definition) is 4. The number of nitrogens with one attached hydrogen (secondary N) is 2. The molecule has 0 spiro atoms. The molecule has 0 atom stereocenters. The van der Waals surface area contributed by atoms with Gasteiger partial charge in [-0.2, -0.15) is 0 Å². The number of pyridine rings is 2. The molecule has 0 radical (unpaired) electrons. The van der Waals surface area contributed by atoms with E-state index in [1.165, 1.54) is 10.8 Å². The van der Waals surface area contributed by atoms with Crippen molar-refractivity contribution in [3.05, 3.63) is 78.5 Å². The van der Waals surface area contributed by atoms with E-state index in [1.54, 1.807) is 0 Å². The Morgan fingerprint density at radius 2 is 1.35 bits per heavy atom. The van der Waals surface area contributed by atoms with Crippen molar-refractivity contribution in [3.63, 3.8) is 0 Å². The van der Waals surface area contributed by atoms with Crippen molar-refractivity contribution in [2.24, 2.45) is 0 Å². The van der Waals surface area contributed by atoms with Crippen molar-refractivity contribution < 1.29 is 0 Å². The maximum atomic E-state index is 4.68. The fourth-order valence-corrected chi connectivity index (χ4v) is 3.02. The molecule has 2 aromatic heterocycles. The molecule has 130 valence electrons. The highest BCUT2D eigenvalue weighted by Crippen LogP contribution is 2.14. The summed E-state index contributed by atoms with van der Waals surface area (Å²) in [5.74, 6) is 0.930. The van der Waals surface area contributed by atoms with Gasteiger partial charge >= 0.3 is 0 Å². The van der Waals surface area contributed by atoms with Gasteiger partial charge in [-0.05, 0) is 43.3 Å². The predicted octanol–water partition coefficient (Wildman–Crippen LogP) is 4.37. The second-order valence-electron chi connectivity index (χ2n) is 6.34. The number of anilines is 1. The van der Waals surface area contributed by atoms with Crippen molar-refractivity contribution in [1.82, 2.24) is 15.3 Å². The fourth-order valence-electron chi connectivity index (χ4n) is 3.02. The van der Waals surface area contributed by atoms with Crippen LogP contribution in [-0.2, 0) is 6.54 Å². The molecule has 0 aliphatic heterocycles. The zero-order valence-corrected chi connectivity index (χ0v) is 14.7. The second-order valence-corrected chi connectivity index (χ2v) is 6.34. The van der Waals surface area contributed by atoms with Crippen molar-refractivity contribution in [2.75, 3.05) is 18.4 Å². The normalized spacial score (nSPS) is 11.1. The summed E-state index contributed by atoms with van der Waals surface area (Å²) in [6.07, 6.45) is 1.03. The Balaban J connectivity index is 1.22. The average molecular weight is 342 g/mol. The van der Waals surface area contributed by atoms with E-state index in [2.05, 4.69) is 57.0 Å². The minimum absolute atomic E-state index is 0.791. The van der Waals surface area contributed by atoms with Crippen LogP contribution in [-0.4, -0.2) is 23.1 Å². The molecule has 2 heterocycles. The number of benzene rings is 2. The third-order valence-corrected chi connectivity index (χ3v) is 4.40. The van der Waals surface area contributed by atoms with Crippen molar-refractivity contribution in [1.29, 1.82) is 0 Å². The number of hydrogen-bond donors (Lipinski definition) is 2. The van der Waals surface area contributed by atoms with Crippen molar-refractivity contribution >= 4 is 27.6 Å². The van der Waals surface area contributed by atoms with Crippen LogP contribution in [0.15, 0.2) is 72.8 Å². The Kier molecular flexibility index (Phi) is 5.03. The molecule has 0 aliphatic rings. The highest BCUT2D eigenvalue weighted by atomic mass is 15.0. The largest absolute Gasteiger partial charge is 0.370 e. The molecule has 4 nitrogen and oxygen atoms in total. The van der Waals surface area contributed by atoms with Crippen LogP contribution >= 0.6 is 0 Å². The lowest BCUT2D eigenvalue weighted by atomic mass is 10.2. The lowest BCUT2D eigenvalue weighted by Gasteiger charge is -2.08. The molecule has 2 aromatic carbocycles. The Hall–Kier alpha value is -2.98. The van der Waals surface area contributed by atoms with E-state index >= 15 is 0 Å². The molecule has 0 amide bonds. The van der Waals surface area contributed by atoms with E-state index in [0.717, 1.165) is 48.6 Å². The molecule has 0 saturated heterocycles. The molecule has 0 unspecified atom stereocenters.